The highest BCUT2D eigenvalue weighted by Crippen LogP contribution is 2.26. The summed E-state index contributed by atoms with van der Waals surface area (Å²) in [6, 6.07) is 16.1. The number of rotatable bonds is 9. The normalized spacial score (nSPS) is 15.7. The second kappa shape index (κ2) is 10.2. The number of hydrogen-bond acceptors (Lipinski definition) is 8. The number of methoxy groups -OCH3 is 1. The zero-order valence-corrected chi connectivity index (χ0v) is 19.5. The van der Waals surface area contributed by atoms with Gasteiger partial charge in [-0.25, -0.2) is 13.1 Å². The number of nitrogens with zero attached hydrogens (tertiary/aromatic N) is 3. The molecule has 1 aliphatic rings. The molecule has 34 heavy (non-hydrogen) atoms. The molecule has 0 aliphatic carbocycles. The van der Waals surface area contributed by atoms with Gasteiger partial charge in [-0.15, -0.1) is 0 Å². The van der Waals surface area contributed by atoms with Crippen molar-refractivity contribution < 1.29 is 22.5 Å². The summed E-state index contributed by atoms with van der Waals surface area (Å²) >= 11 is 0. The lowest BCUT2D eigenvalue weighted by molar-refractivity contribution is -0.384. The molecule has 0 spiro atoms. The standard InChI is InChI=1S/C23H26N4O6S/c1-32-20-8-4-18(5-9-20)25-12-14-26(15-13-25)22(23-3-2-16-33-23)17-24-34(30,31)21-10-6-19(7-11-21)27(28)29/h2-11,16,22,24H,12-15,17H2,1H3. The number of nitrogens with one attached hydrogen (secondary N) is 1. The van der Waals surface area contributed by atoms with E-state index in [4.69, 9.17) is 9.15 Å². The van der Waals surface area contributed by atoms with E-state index in [1.807, 2.05) is 30.3 Å². The van der Waals surface area contributed by atoms with Crippen LogP contribution in [0.25, 0.3) is 0 Å². The number of ether oxygens (including phenoxy) is 1. The van der Waals surface area contributed by atoms with E-state index in [1.165, 1.54) is 24.3 Å². The molecule has 10 nitrogen and oxygen atoms in total. The van der Waals surface area contributed by atoms with Crippen molar-refractivity contribution >= 4 is 21.4 Å². The van der Waals surface area contributed by atoms with Crippen molar-refractivity contribution in [3.8, 4) is 5.75 Å². The molecule has 3 aromatic rings. The molecule has 0 bridgehead atoms. The number of anilines is 1. The third-order valence-corrected chi connectivity index (χ3v) is 7.33. The van der Waals surface area contributed by atoms with E-state index >= 15 is 0 Å². The van der Waals surface area contributed by atoms with Gasteiger partial charge >= 0.3 is 0 Å². The molecule has 1 aliphatic heterocycles. The van der Waals surface area contributed by atoms with Crippen LogP contribution in [-0.4, -0.2) is 58.1 Å². The van der Waals surface area contributed by atoms with E-state index in [9.17, 15) is 18.5 Å². The van der Waals surface area contributed by atoms with Crippen LogP contribution in [0, 0.1) is 10.1 Å². The fourth-order valence-corrected chi connectivity index (χ4v) is 5.03. The van der Waals surface area contributed by atoms with Crippen LogP contribution in [-0.2, 0) is 10.0 Å². The first-order valence-corrected chi connectivity index (χ1v) is 12.3. The van der Waals surface area contributed by atoms with Crippen molar-refractivity contribution in [2.75, 3.05) is 44.7 Å². The van der Waals surface area contributed by atoms with Crippen LogP contribution in [0.1, 0.15) is 11.8 Å². The van der Waals surface area contributed by atoms with Crippen molar-refractivity contribution in [1.82, 2.24) is 9.62 Å². The van der Waals surface area contributed by atoms with Gasteiger partial charge in [0.2, 0.25) is 10.0 Å². The molecular weight excluding hydrogens is 460 g/mol. The minimum Gasteiger partial charge on any atom is -0.497 e. The summed E-state index contributed by atoms with van der Waals surface area (Å²) < 4.78 is 39.1. The Morgan fingerprint density at radius 1 is 1.06 bits per heavy atom. The highest BCUT2D eigenvalue weighted by Gasteiger charge is 2.29. The van der Waals surface area contributed by atoms with Gasteiger partial charge < -0.3 is 14.1 Å². The molecule has 0 radical (unpaired) electrons. The summed E-state index contributed by atoms with van der Waals surface area (Å²) in [5.74, 6) is 1.48. The average molecular weight is 487 g/mol. The number of benzene rings is 2. The van der Waals surface area contributed by atoms with E-state index in [0.29, 0.717) is 5.76 Å². The molecule has 0 saturated carbocycles. The maximum atomic E-state index is 12.8. The molecule has 1 unspecified atom stereocenters. The number of non-ortho nitro benzene ring substituents is 1. The molecule has 2 aromatic carbocycles. The fourth-order valence-electron chi connectivity index (χ4n) is 3.99. The summed E-state index contributed by atoms with van der Waals surface area (Å²) in [6.45, 7) is 3.10. The second-order valence-electron chi connectivity index (χ2n) is 7.86. The van der Waals surface area contributed by atoms with Gasteiger partial charge in [0.15, 0.2) is 0 Å². The van der Waals surface area contributed by atoms with E-state index in [1.54, 1.807) is 19.4 Å². The van der Waals surface area contributed by atoms with Crippen molar-refractivity contribution in [2.45, 2.75) is 10.9 Å². The smallest absolute Gasteiger partial charge is 0.269 e. The first-order chi connectivity index (χ1) is 16.4. The Labute approximate surface area is 197 Å². The van der Waals surface area contributed by atoms with Crippen LogP contribution in [0.15, 0.2) is 76.2 Å². The molecule has 1 fully saturated rings. The number of sulfonamides is 1. The largest absolute Gasteiger partial charge is 0.497 e. The van der Waals surface area contributed by atoms with Crippen LogP contribution in [0.5, 0.6) is 5.75 Å². The summed E-state index contributed by atoms with van der Waals surface area (Å²) in [7, 11) is -2.21. The molecular formula is C23H26N4O6S. The fraction of sp³-hybridized carbons (Fsp3) is 0.304. The van der Waals surface area contributed by atoms with Crippen molar-refractivity contribution in [3.05, 3.63) is 82.8 Å². The minimum absolute atomic E-state index is 0.0272. The van der Waals surface area contributed by atoms with Crippen LogP contribution in [0.3, 0.4) is 0 Å². The third-order valence-electron chi connectivity index (χ3n) is 5.89. The van der Waals surface area contributed by atoms with Crippen molar-refractivity contribution in [1.29, 1.82) is 0 Å². The number of furan rings is 1. The third kappa shape index (κ3) is 5.38. The van der Waals surface area contributed by atoms with Crippen LogP contribution in [0.4, 0.5) is 11.4 Å². The van der Waals surface area contributed by atoms with Gasteiger partial charge in [-0.1, -0.05) is 0 Å². The van der Waals surface area contributed by atoms with E-state index in [2.05, 4.69) is 14.5 Å². The first-order valence-electron chi connectivity index (χ1n) is 10.8. The molecule has 2 heterocycles. The molecule has 0 amide bonds. The van der Waals surface area contributed by atoms with Gasteiger partial charge in [-0.05, 0) is 48.5 Å². The molecule has 1 saturated heterocycles. The van der Waals surface area contributed by atoms with Crippen LogP contribution >= 0.6 is 0 Å². The zero-order valence-electron chi connectivity index (χ0n) is 18.7. The van der Waals surface area contributed by atoms with Crippen LogP contribution < -0.4 is 14.4 Å². The Hall–Kier alpha value is -3.41. The van der Waals surface area contributed by atoms with Crippen LogP contribution in [0.2, 0.25) is 0 Å². The number of nitro benzene ring substituents is 1. The molecule has 180 valence electrons. The predicted molar refractivity (Wildman–Crippen MR) is 127 cm³/mol. The molecule has 1 N–H and O–H groups in total. The van der Waals surface area contributed by atoms with Gasteiger partial charge in [0, 0.05) is 50.5 Å². The summed E-state index contributed by atoms with van der Waals surface area (Å²) in [4.78, 5) is 14.7. The highest BCUT2D eigenvalue weighted by molar-refractivity contribution is 7.89. The van der Waals surface area contributed by atoms with Gasteiger partial charge in [0.1, 0.15) is 11.5 Å². The molecule has 4 rings (SSSR count). The lowest BCUT2D eigenvalue weighted by Crippen LogP contribution is -2.49. The average Bonchev–Trinajstić information content (AvgIpc) is 3.39. The predicted octanol–water partition coefficient (Wildman–Crippen LogP) is 3.04. The summed E-state index contributed by atoms with van der Waals surface area (Å²) in [5.41, 5.74) is 0.941. The van der Waals surface area contributed by atoms with Crippen molar-refractivity contribution in [2.24, 2.45) is 0 Å². The highest BCUT2D eigenvalue weighted by atomic mass is 32.2. The Balaban J connectivity index is 1.43. The molecule has 1 atom stereocenters. The quantitative estimate of drug-likeness (QED) is 0.362. The lowest BCUT2D eigenvalue weighted by atomic mass is 10.1. The minimum atomic E-state index is -3.85. The Bertz CT molecular complexity index is 1190. The van der Waals surface area contributed by atoms with Gasteiger partial charge in [0.05, 0.1) is 29.2 Å². The number of piperazine rings is 1. The number of nitro groups is 1. The first kappa shape index (κ1) is 23.7. The van der Waals surface area contributed by atoms with Gasteiger partial charge in [0.25, 0.3) is 5.69 Å². The van der Waals surface area contributed by atoms with E-state index < -0.39 is 14.9 Å². The maximum Gasteiger partial charge on any atom is 0.269 e. The summed E-state index contributed by atoms with van der Waals surface area (Å²) in [5, 5.41) is 10.8. The van der Waals surface area contributed by atoms with E-state index in [0.717, 1.165) is 37.6 Å². The van der Waals surface area contributed by atoms with Gasteiger partial charge in [-0.3, -0.25) is 15.0 Å². The Morgan fingerprint density at radius 2 is 1.74 bits per heavy atom. The number of hydrogen-bond donors (Lipinski definition) is 1. The zero-order chi connectivity index (χ0) is 24.1. The monoisotopic (exact) mass is 486 g/mol. The molecule has 11 heteroatoms. The maximum absolute atomic E-state index is 12.8. The lowest BCUT2D eigenvalue weighted by Gasteiger charge is -2.39. The van der Waals surface area contributed by atoms with Crippen molar-refractivity contribution in [3.63, 3.8) is 0 Å². The SMILES string of the molecule is COc1ccc(N2CCN(C(CNS(=O)(=O)c3ccc([N+](=O)[O-])cc3)c3ccco3)CC2)cc1. The topological polar surface area (TPSA) is 118 Å². The Kier molecular flexibility index (Phi) is 7.15. The summed E-state index contributed by atoms with van der Waals surface area (Å²) in [6.07, 6.45) is 1.57. The van der Waals surface area contributed by atoms with E-state index in [-0.39, 0.29) is 23.2 Å². The second-order valence-corrected chi connectivity index (χ2v) is 9.62. The molecule has 1 aromatic heterocycles. The Morgan fingerprint density at radius 3 is 2.29 bits per heavy atom. The van der Waals surface area contributed by atoms with Gasteiger partial charge in [-0.2, -0.15) is 0 Å².